The van der Waals surface area contributed by atoms with E-state index in [1.54, 1.807) is 40.9 Å². The molecule has 5 aromatic rings. The molecule has 42 heavy (non-hydrogen) atoms. The van der Waals surface area contributed by atoms with Gasteiger partial charge in [-0.3, -0.25) is 4.79 Å². The lowest BCUT2D eigenvalue weighted by Crippen LogP contribution is -2.56. The average molecular weight is 570 g/mol. The number of carbonyl (C=O) groups excluding carboxylic acids is 1. The molecule has 0 spiro atoms. The number of halogens is 1. The van der Waals surface area contributed by atoms with E-state index >= 15 is 4.39 Å². The number of carbonyl (C=O) groups is 1. The third-order valence-electron chi connectivity index (χ3n) is 7.09. The number of piperazine rings is 1. The zero-order chi connectivity index (χ0) is 29.2. The Morgan fingerprint density at radius 2 is 2.05 bits per heavy atom. The highest BCUT2D eigenvalue weighted by molar-refractivity contribution is 5.89. The van der Waals surface area contributed by atoms with E-state index in [-0.39, 0.29) is 17.6 Å². The van der Waals surface area contributed by atoms with Gasteiger partial charge < -0.3 is 24.6 Å². The van der Waals surface area contributed by atoms with E-state index < -0.39 is 5.82 Å². The molecule has 0 aliphatic carbocycles. The van der Waals surface area contributed by atoms with Gasteiger partial charge in [0.25, 0.3) is 0 Å². The maximum atomic E-state index is 15.3. The summed E-state index contributed by atoms with van der Waals surface area (Å²) in [6.07, 6.45) is 5.89. The van der Waals surface area contributed by atoms with Crippen molar-refractivity contribution >= 4 is 39.9 Å². The Morgan fingerprint density at radius 1 is 1.17 bits per heavy atom. The van der Waals surface area contributed by atoms with Crippen molar-refractivity contribution in [3.8, 4) is 11.5 Å². The van der Waals surface area contributed by atoms with Gasteiger partial charge in [-0.2, -0.15) is 5.10 Å². The zero-order valence-electron chi connectivity index (χ0n) is 23.1. The molecule has 13 heteroatoms. The number of hydrogen-bond acceptors (Lipinski definition) is 10. The second-order valence-corrected chi connectivity index (χ2v) is 9.80. The van der Waals surface area contributed by atoms with E-state index in [1.165, 1.54) is 24.8 Å². The van der Waals surface area contributed by atoms with Crippen LogP contribution in [-0.2, 0) is 9.53 Å². The Labute approximate surface area is 240 Å². The van der Waals surface area contributed by atoms with Crippen molar-refractivity contribution < 1.29 is 18.7 Å². The van der Waals surface area contributed by atoms with Gasteiger partial charge in [0.05, 0.1) is 23.9 Å². The molecular formula is C29H28FN9O3. The minimum Gasteiger partial charge on any atom is -0.457 e. The summed E-state index contributed by atoms with van der Waals surface area (Å²) in [6.45, 7) is 7.43. The third kappa shape index (κ3) is 5.29. The van der Waals surface area contributed by atoms with Crippen LogP contribution >= 0.6 is 0 Å². The van der Waals surface area contributed by atoms with Crippen LogP contribution in [-0.4, -0.2) is 79.7 Å². The van der Waals surface area contributed by atoms with E-state index in [2.05, 4.69) is 36.8 Å². The first-order valence-electron chi connectivity index (χ1n) is 13.3. The van der Waals surface area contributed by atoms with E-state index in [0.717, 1.165) is 0 Å². The van der Waals surface area contributed by atoms with Gasteiger partial charge >= 0.3 is 0 Å². The molecule has 6 rings (SSSR count). The Balaban J connectivity index is 1.25. The number of benzene rings is 1. The van der Waals surface area contributed by atoms with Crippen LogP contribution in [0, 0.1) is 12.7 Å². The predicted molar refractivity (Wildman–Crippen MR) is 155 cm³/mol. The molecule has 0 bridgehead atoms. The molecule has 1 fully saturated rings. The molecule has 0 radical (unpaired) electrons. The van der Waals surface area contributed by atoms with Gasteiger partial charge in [-0.1, -0.05) is 6.58 Å². The SMILES string of the molecule is C=CC(=O)N1CCN(c2ccc3ncnc(Nc4cc(C)c(Oc5ccn6ncnc6c5)cc4F)c3n2)C[C@H]1COC. The van der Waals surface area contributed by atoms with Crippen molar-refractivity contribution in [2.75, 3.05) is 43.6 Å². The summed E-state index contributed by atoms with van der Waals surface area (Å²) < 4.78 is 28.3. The number of rotatable bonds is 8. The summed E-state index contributed by atoms with van der Waals surface area (Å²) in [5, 5.41) is 7.16. The topological polar surface area (TPSA) is 123 Å². The largest absolute Gasteiger partial charge is 0.457 e. The number of ether oxygens (including phenoxy) is 2. The molecule has 1 N–H and O–H groups in total. The number of aryl methyl sites for hydroxylation is 1. The molecule has 1 aliphatic heterocycles. The Bertz CT molecular complexity index is 1790. The molecule has 1 saturated heterocycles. The highest BCUT2D eigenvalue weighted by Gasteiger charge is 2.30. The van der Waals surface area contributed by atoms with Gasteiger partial charge in [-0.25, -0.2) is 28.8 Å². The first-order chi connectivity index (χ1) is 20.4. The fourth-order valence-corrected chi connectivity index (χ4v) is 4.99. The molecule has 1 atom stereocenters. The first kappa shape index (κ1) is 27.0. The normalized spacial score (nSPS) is 15.3. The standard InChI is InChI=1S/C29H28FN9O3/c1-4-27(40)38-10-9-37(14-19(38)15-41-3)25-6-5-22-28(36-25)29(33-16-31-22)35-23-11-18(2)24(13-21(23)30)42-20-7-8-39-26(12-20)32-17-34-39/h4-8,11-13,16-17,19H,1,9-10,14-15H2,2-3H3,(H,31,33,35)/t19-/m0/s1. The van der Waals surface area contributed by atoms with Crippen LogP contribution in [0.5, 0.6) is 11.5 Å². The van der Waals surface area contributed by atoms with Crippen LogP contribution in [0.2, 0.25) is 0 Å². The fourth-order valence-electron chi connectivity index (χ4n) is 4.99. The second-order valence-electron chi connectivity index (χ2n) is 9.80. The van der Waals surface area contributed by atoms with Crippen molar-refractivity contribution in [2.45, 2.75) is 13.0 Å². The minimum absolute atomic E-state index is 0.131. The molecule has 0 unspecified atom stereocenters. The molecule has 4 aromatic heterocycles. The first-order valence-corrected chi connectivity index (χ1v) is 13.3. The van der Waals surface area contributed by atoms with Crippen LogP contribution < -0.4 is 15.0 Å². The van der Waals surface area contributed by atoms with Crippen molar-refractivity contribution in [3.63, 3.8) is 0 Å². The Kier molecular flexibility index (Phi) is 7.32. The fraction of sp³-hybridized carbons (Fsp3) is 0.241. The second kappa shape index (κ2) is 11.4. The van der Waals surface area contributed by atoms with E-state index in [0.29, 0.717) is 71.6 Å². The minimum atomic E-state index is -0.521. The molecular weight excluding hydrogens is 541 g/mol. The van der Waals surface area contributed by atoms with Gasteiger partial charge in [-0.05, 0) is 42.8 Å². The van der Waals surface area contributed by atoms with Gasteiger partial charge in [0, 0.05) is 45.1 Å². The van der Waals surface area contributed by atoms with E-state index in [1.807, 2.05) is 19.1 Å². The average Bonchev–Trinajstić information content (AvgIpc) is 3.47. The van der Waals surface area contributed by atoms with Crippen LogP contribution in [0.15, 0.2) is 67.9 Å². The van der Waals surface area contributed by atoms with E-state index in [4.69, 9.17) is 14.5 Å². The summed E-state index contributed by atoms with van der Waals surface area (Å²) in [6, 6.07) is 10.0. The quantitative estimate of drug-likeness (QED) is 0.275. The number of methoxy groups -OCH3 is 1. The van der Waals surface area contributed by atoms with Crippen molar-refractivity contribution in [1.82, 2.24) is 34.4 Å². The van der Waals surface area contributed by atoms with Crippen molar-refractivity contribution in [1.29, 1.82) is 0 Å². The zero-order valence-corrected chi connectivity index (χ0v) is 23.1. The summed E-state index contributed by atoms with van der Waals surface area (Å²) >= 11 is 0. The number of fused-ring (bicyclic) bond motifs is 2. The summed E-state index contributed by atoms with van der Waals surface area (Å²) in [5.41, 5.74) is 2.64. The van der Waals surface area contributed by atoms with E-state index in [9.17, 15) is 4.79 Å². The lowest BCUT2D eigenvalue weighted by molar-refractivity contribution is -0.129. The Morgan fingerprint density at radius 3 is 2.88 bits per heavy atom. The molecule has 12 nitrogen and oxygen atoms in total. The molecule has 1 aromatic carbocycles. The van der Waals surface area contributed by atoms with Crippen LogP contribution in [0.4, 0.5) is 21.7 Å². The highest BCUT2D eigenvalue weighted by Crippen LogP contribution is 2.32. The smallest absolute Gasteiger partial charge is 0.246 e. The van der Waals surface area contributed by atoms with Gasteiger partial charge in [0.2, 0.25) is 5.91 Å². The van der Waals surface area contributed by atoms with Gasteiger partial charge in [0.15, 0.2) is 11.5 Å². The van der Waals surface area contributed by atoms with Crippen molar-refractivity contribution in [3.05, 3.63) is 79.3 Å². The van der Waals surface area contributed by atoms with Crippen LogP contribution in [0.25, 0.3) is 16.7 Å². The number of hydrogen-bond donors (Lipinski definition) is 1. The van der Waals surface area contributed by atoms with Crippen molar-refractivity contribution in [2.24, 2.45) is 0 Å². The maximum absolute atomic E-state index is 15.3. The monoisotopic (exact) mass is 569 g/mol. The number of amides is 1. The molecule has 1 amide bonds. The van der Waals surface area contributed by atoms with Gasteiger partial charge in [-0.15, -0.1) is 0 Å². The Hall–Kier alpha value is -5.17. The lowest BCUT2D eigenvalue weighted by atomic mass is 10.1. The highest BCUT2D eigenvalue weighted by atomic mass is 19.1. The molecule has 5 heterocycles. The molecule has 0 saturated carbocycles. The summed E-state index contributed by atoms with van der Waals surface area (Å²) in [7, 11) is 1.61. The van der Waals surface area contributed by atoms with Crippen LogP contribution in [0.1, 0.15) is 5.56 Å². The number of pyridine rings is 2. The number of aromatic nitrogens is 6. The maximum Gasteiger partial charge on any atom is 0.246 e. The number of nitrogens with zero attached hydrogens (tertiary/aromatic N) is 8. The lowest BCUT2D eigenvalue weighted by Gasteiger charge is -2.41. The van der Waals surface area contributed by atoms with Crippen LogP contribution in [0.3, 0.4) is 0 Å². The predicted octanol–water partition coefficient (Wildman–Crippen LogP) is 3.90. The molecule has 214 valence electrons. The number of nitrogens with one attached hydrogen (secondary N) is 1. The number of anilines is 3. The van der Waals surface area contributed by atoms with Gasteiger partial charge in [0.1, 0.15) is 41.3 Å². The molecule has 1 aliphatic rings. The summed E-state index contributed by atoms with van der Waals surface area (Å²) in [5.74, 6) is 1.28. The third-order valence-corrected chi connectivity index (χ3v) is 7.09. The summed E-state index contributed by atoms with van der Waals surface area (Å²) in [4.78, 5) is 33.9.